The summed E-state index contributed by atoms with van der Waals surface area (Å²) >= 11 is 1.52. The molecule has 2 aromatic rings. The van der Waals surface area contributed by atoms with Gasteiger partial charge >= 0.3 is 0 Å². The van der Waals surface area contributed by atoms with E-state index in [0.717, 1.165) is 21.1 Å². The first-order valence-corrected chi connectivity index (χ1v) is 5.53. The third-order valence-electron chi connectivity index (χ3n) is 2.43. The van der Waals surface area contributed by atoms with Crippen LogP contribution in [0.15, 0.2) is 23.0 Å². The van der Waals surface area contributed by atoms with Gasteiger partial charge in [-0.2, -0.15) is 0 Å². The van der Waals surface area contributed by atoms with Gasteiger partial charge < -0.3 is 9.52 Å². The number of hydrogen-bond acceptors (Lipinski definition) is 4. The van der Waals surface area contributed by atoms with Crippen LogP contribution in [0.25, 0.3) is 0 Å². The van der Waals surface area contributed by atoms with Gasteiger partial charge in [-0.1, -0.05) is 0 Å². The quantitative estimate of drug-likeness (QED) is 0.851. The molecule has 0 aliphatic heterocycles. The topological polar surface area (TPSA) is 46.3 Å². The zero-order chi connectivity index (χ0) is 11.1. The van der Waals surface area contributed by atoms with E-state index in [1.54, 1.807) is 25.5 Å². The fraction of sp³-hybridized carbons (Fsp3) is 0.364. The normalized spacial score (nSPS) is 15.2. The Bertz CT molecular complexity index is 457. The Morgan fingerprint density at radius 1 is 1.47 bits per heavy atom. The van der Waals surface area contributed by atoms with Gasteiger partial charge in [0.05, 0.1) is 28.1 Å². The molecule has 1 atom stereocenters. The number of hydrogen-bond donors (Lipinski definition) is 1. The Morgan fingerprint density at radius 2 is 2.20 bits per heavy atom. The first kappa shape index (κ1) is 10.4. The molecule has 4 heteroatoms. The molecule has 1 unspecified atom stereocenters. The second-order valence-corrected chi connectivity index (χ2v) is 4.93. The molecule has 15 heavy (non-hydrogen) atoms. The van der Waals surface area contributed by atoms with Crippen LogP contribution in [-0.4, -0.2) is 10.1 Å². The summed E-state index contributed by atoms with van der Waals surface area (Å²) in [5.41, 5.74) is 0.626. The number of aliphatic hydroxyl groups is 1. The fourth-order valence-electron chi connectivity index (χ4n) is 1.66. The summed E-state index contributed by atoms with van der Waals surface area (Å²) in [6, 6.07) is 1.77. The molecule has 0 radical (unpaired) electrons. The zero-order valence-electron chi connectivity index (χ0n) is 8.94. The molecule has 0 saturated heterocycles. The predicted octanol–water partition coefficient (Wildman–Crippen LogP) is 2.61. The summed E-state index contributed by atoms with van der Waals surface area (Å²) in [4.78, 5) is 5.19. The van der Waals surface area contributed by atoms with E-state index in [1.807, 2.05) is 13.8 Å². The van der Waals surface area contributed by atoms with Gasteiger partial charge in [0.15, 0.2) is 0 Å². The number of furan rings is 1. The smallest absolute Gasteiger partial charge is 0.126 e. The van der Waals surface area contributed by atoms with Crippen molar-refractivity contribution in [3.05, 3.63) is 39.7 Å². The van der Waals surface area contributed by atoms with Gasteiger partial charge in [-0.3, -0.25) is 0 Å². The second kappa shape index (κ2) is 3.47. The highest BCUT2D eigenvalue weighted by Crippen LogP contribution is 2.35. The minimum Gasteiger partial charge on any atom is -0.472 e. The first-order chi connectivity index (χ1) is 7.01. The standard InChI is InChI=1S/C11H13NO2S/c1-7-10(15-8(2)12-7)11(3,13)9-4-5-14-6-9/h4-6,13H,1-3H3. The van der Waals surface area contributed by atoms with Crippen molar-refractivity contribution in [1.29, 1.82) is 0 Å². The maximum atomic E-state index is 10.5. The molecule has 2 aromatic heterocycles. The van der Waals surface area contributed by atoms with Gasteiger partial charge in [0, 0.05) is 5.56 Å². The molecule has 2 rings (SSSR count). The van der Waals surface area contributed by atoms with Crippen molar-refractivity contribution in [3.8, 4) is 0 Å². The van der Waals surface area contributed by atoms with Gasteiger partial charge in [0.2, 0.25) is 0 Å². The highest BCUT2D eigenvalue weighted by molar-refractivity contribution is 7.11. The Kier molecular flexibility index (Phi) is 2.40. The summed E-state index contributed by atoms with van der Waals surface area (Å²) in [6.07, 6.45) is 3.13. The number of rotatable bonds is 2. The summed E-state index contributed by atoms with van der Waals surface area (Å²) in [5.74, 6) is 0. The molecular formula is C11H13NO2S. The lowest BCUT2D eigenvalue weighted by atomic mass is 9.96. The summed E-state index contributed by atoms with van der Waals surface area (Å²) in [6.45, 7) is 5.61. The van der Waals surface area contributed by atoms with Crippen molar-refractivity contribution < 1.29 is 9.52 Å². The van der Waals surface area contributed by atoms with E-state index >= 15 is 0 Å². The minimum absolute atomic E-state index is 0.759. The Labute approximate surface area is 92.4 Å². The highest BCUT2D eigenvalue weighted by Gasteiger charge is 2.30. The third kappa shape index (κ3) is 1.70. The van der Waals surface area contributed by atoms with Crippen LogP contribution in [0.3, 0.4) is 0 Å². The van der Waals surface area contributed by atoms with Crippen LogP contribution in [0.2, 0.25) is 0 Å². The Balaban J connectivity index is 2.50. The summed E-state index contributed by atoms with van der Waals surface area (Å²) in [7, 11) is 0. The van der Waals surface area contributed by atoms with E-state index in [4.69, 9.17) is 4.42 Å². The van der Waals surface area contributed by atoms with Gasteiger partial charge in [-0.05, 0) is 26.8 Å². The van der Waals surface area contributed by atoms with Crippen molar-refractivity contribution in [1.82, 2.24) is 4.98 Å². The Morgan fingerprint density at radius 3 is 2.67 bits per heavy atom. The third-order valence-corrected chi connectivity index (χ3v) is 3.71. The number of nitrogens with zero attached hydrogens (tertiary/aromatic N) is 1. The highest BCUT2D eigenvalue weighted by atomic mass is 32.1. The van der Waals surface area contributed by atoms with E-state index in [0.29, 0.717) is 0 Å². The molecule has 2 heterocycles. The van der Waals surface area contributed by atoms with E-state index in [2.05, 4.69) is 4.98 Å². The molecule has 0 aliphatic carbocycles. The molecule has 0 saturated carbocycles. The molecule has 0 amide bonds. The van der Waals surface area contributed by atoms with Gasteiger partial charge in [0.1, 0.15) is 5.60 Å². The van der Waals surface area contributed by atoms with Crippen LogP contribution in [0.1, 0.15) is 28.1 Å². The molecule has 0 aromatic carbocycles. The lowest BCUT2D eigenvalue weighted by molar-refractivity contribution is 0.105. The second-order valence-electron chi connectivity index (χ2n) is 3.73. The molecule has 1 N–H and O–H groups in total. The van der Waals surface area contributed by atoms with Crippen LogP contribution in [0.5, 0.6) is 0 Å². The molecular weight excluding hydrogens is 210 g/mol. The van der Waals surface area contributed by atoms with Crippen molar-refractivity contribution >= 4 is 11.3 Å². The van der Waals surface area contributed by atoms with Crippen LogP contribution >= 0.6 is 11.3 Å². The van der Waals surface area contributed by atoms with Crippen molar-refractivity contribution in [2.75, 3.05) is 0 Å². The molecule has 0 spiro atoms. The molecule has 3 nitrogen and oxygen atoms in total. The first-order valence-electron chi connectivity index (χ1n) is 4.71. The number of aromatic nitrogens is 1. The molecule has 0 fully saturated rings. The van der Waals surface area contributed by atoms with Crippen LogP contribution in [-0.2, 0) is 5.60 Å². The molecule has 80 valence electrons. The van der Waals surface area contributed by atoms with E-state index in [9.17, 15) is 5.11 Å². The largest absolute Gasteiger partial charge is 0.472 e. The van der Waals surface area contributed by atoms with Crippen LogP contribution < -0.4 is 0 Å². The maximum Gasteiger partial charge on any atom is 0.126 e. The Hall–Kier alpha value is -1.13. The summed E-state index contributed by atoms with van der Waals surface area (Å²) < 4.78 is 4.99. The molecule has 0 aliphatic rings. The van der Waals surface area contributed by atoms with Crippen LogP contribution in [0, 0.1) is 13.8 Å². The fourth-order valence-corrected chi connectivity index (χ4v) is 2.64. The number of aryl methyl sites for hydroxylation is 2. The van der Waals surface area contributed by atoms with Crippen molar-refractivity contribution in [3.63, 3.8) is 0 Å². The van der Waals surface area contributed by atoms with Gasteiger partial charge in [0.25, 0.3) is 0 Å². The monoisotopic (exact) mass is 223 g/mol. The predicted molar refractivity (Wildman–Crippen MR) is 59.0 cm³/mol. The average molecular weight is 223 g/mol. The minimum atomic E-state index is -1.01. The number of thiazole rings is 1. The zero-order valence-corrected chi connectivity index (χ0v) is 9.76. The average Bonchev–Trinajstić information content (AvgIpc) is 2.74. The van der Waals surface area contributed by atoms with Crippen molar-refractivity contribution in [2.45, 2.75) is 26.4 Å². The van der Waals surface area contributed by atoms with Gasteiger partial charge in [-0.15, -0.1) is 11.3 Å². The SMILES string of the molecule is Cc1nc(C)c(C(C)(O)c2ccoc2)s1. The van der Waals surface area contributed by atoms with E-state index in [1.165, 1.54) is 11.3 Å². The molecule has 0 bridgehead atoms. The lowest BCUT2D eigenvalue weighted by Gasteiger charge is -2.20. The maximum absolute atomic E-state index is 10.5. The van der Waals surface area contributed by atoms with E-state index in [-0.39, 0.29) is 0 Å². The lowest BCUT2D eigenvalue weighted by Crippen LogP contribution is -2.21. The van der Waals surface area contributed by atoms with Crippen LogP contribution in [0.4, 0.5) is 0 Å². The summed E-state index contributed by atoms with van der Waals surface area (Å²) in [5, 5.41) is 11.4. The van der Waals surface area contributed by atoms with E-state index < -0.39 is 5.60 Å². The van der Waals surface area contributed by atoms with Crippen molar-refractivity contribution in [2.24, 2.45) is 0 Å². The van der Waals surface area contributed by atoms with Gasteiger partial charge in [-0.25, -0.2) is 4.98 Å².